The molecule has 0 spiro atoms. The maximum absolute atomic E-state index is 12.0. The van der Waals surface area contributed by atoms with Gasteiger partial charge < -0.3 is 10.2 Å². The summed E-state index contributed by atoms with van der Waals surface area (Å²) in [6.45, 7) is 12.2. The summed E-state index contributed by atoms with van der Waals surface area (Å²) in [6, 6.07) is 0. The third kappa shape index (κ3) is 2.27. The number of carbonyl (C=O) groups excluding carboxylic acids is 1. The minimum absolute atomic E-state index is 0.0907. The molecule has 0 unspecified atom stereocenters. The lowest BCUT2D eigenvalue weighted by Crippen LogP contribution is -2.58. The van der Waals surface area contributed by atoms with Gasteiger partial charge in [-0.3, -0.25) is 4.79 Å². The standard InChI is InChI=1S/C11H22N2O/c1-10(2,3)13-9(14)6-7-12-8-11(13,4)5/h12H,6-8H2,1-5H3. The fourth-order valence-corrected chi connectivity index (χ4v) is 2.40. The van der Waals surface area contributed by atoms with E-state index in [2.05, 4.69) is 39.9 Å². The van der Waals surface area contributed by atoms with Gasteiger partial charge in [-0.25, -0.2) is 0 Å². The van der Waals surface area contributed by atoms with Crippen molar-refractivity contribution in [2.24, 2.45) is 0 Å². The molecule has 0 radical (unpaired) electrons. The van der Waals surface area contributed by atoms with E-state index < -0.39 is 0 Å². The molecule has 1 saturated heterocycles. The molecule has 1 heterocycles. The van der Waals surface area contributed by atoms with E-state index in [4.69, 9.17) is 0 Å². The predicted octanol–water partition coefficient (Wildman–Crippen LogP) is 1.39. The molecular weight excluding hydrogens is 176 g/mol. The fraction of sp³-hybridized carbons (Fsp3) is 0.909. The number of hydrogen-bond acceptors (Lipinski definition) is 2. The van der Waals surface area contributed by atoms with Crippen LogP contribution in [0.2, 0.25) is 0 Å². The molecule has 3 heteroatoms. The molecule has 1 N–H and O–H groups in total. The highest BCUT2D eigenvalue weighted by molar-refractivity contribution is 5.78. The van der Waals surface area contributed by atoms with Crippen LogP contribution in [-0.4, -0.2) is 35.0 Å². The lowest BCUT2D eigenvalue weighted by atomic mass is 9.94. The summed E-state index contributed by atoms with van der Waals surface area (Å²) >= 11 is 0. The van der Waals surface area contributed by atoms with E-state index in [0.29, 0.717) is 6.42 Å². The molecule has 82 valence electrons. The van der Waals surface area contributed by atoms with Gasteiger partial charge in [0.2, 0.25) is 5.91 Å². The lowest BCUT2D eigenvalue weighted by molar-refractivity contribution is -0.141. The van der Waals surface area contributed by atoms with Crippen molar-refractivity contribution in [1.82, 2.24) is 10.2 Å². The van der Waals surface area contributed by atoms with Crippen LogP contribution in [0.15, 0.2) is 0 Å². The van der Waals surface area contributed by atoms with Gasteiger partial charge in [0.25, 0.3) is 0 Å². The second-order valence-electron chi connectivity index (χ2n) is 5.64. The van der Waals surface area contributed by atoms with Crippen LogP contribution in [-0.2, 0) is 4.79 Å². The van der Waals surface area contributed by atoms with E-state index in [0.717, 1.165) is 13.1 Å². The molecule has 0 atom stereocenters. The first-order valence-electron chi connectivity index (χ1n) is 5.29. The fourth-order valence-electron chi connectivity index (χ4n) is 2.40. The van der Waals surface area contributed by atoms with Crippen LogP contribution in [0.25, 0.3) is 0 Å². The van der Waals surface area contributed by atoms with E-state index in [1.165, 1.54) is 0 Å². The number of rotatable bonds is 0. The van der Waals surface area contributed by atoms with Crippen LogP contribution in [0.1, 0.15) is 41.0 Å². The summed E-state index contributed by atoms with van der Waals surface area (Å²) in [7, 11) is 0. The number of nitrogens with one attached hydrogen (secondary N) is 1. The van der Waals surface area contributed by atoms with Crippen molar-refractivity contribution in [3.05, 3.63) is 0 Å². The lowest BCUT2D eigenvalue weighted by Gasteiger charge is -2.46. The highest BCUT2D eigenvalue weighted by Gasteiger charge is 2.39. The average molecular weight is 198 g/mol. The van der Waals surface area contributed by atoms with Gasteiger partial charge in [-0.2, -0.15) is 0 Å². The van der Waals surface area contributed by atoms with Crippen LogP contribution < -0.4 is 5.32 Å². The molecule has 0 aromatic heterocycles. The van der Waals surface area contributed by atoms with E-state index in [-0.39, 0.29) is 17.0 Å². The van der Waals surface area contributed by atoms with E-state index in [1.807, 2.05) is 4.90 Å². The smallest absolute Gasteiger partial charge is 0.224 e. The van der Waals surface area contributed by atoms with E-state index in [9.17, 15) is 4.79 Å². The Morgan fingerprint density at radius 1 is 1.36 bits per heavy atom. The summed E-state index contributed by atoms with van der Waals surface area (Å²) < 4.78 is 0. The molecule has 1 rings (SSSR count). The molecule has 0 bridgehead atoms. The monoisotopic (exact) mass is 198 g/mol. The van der Waals surface area contributed by atoms with Crippen molar-refractivity contribution >= 4 is 5.91 Å². The first kappa shape index (κ1) is 11.5. The quantitative estimate of drug-likeness (QED) is 0.638. The van der Waals surface area contributed by atoms with E-state index >= 15 is 0 Å². The Labute approximate surface area is 86.9 Å². The zero-order valence-corrected chi connectivity index (χ0v) is 9.98. The Bertz CT molecular complexity index is 228. The van der Waals surface area contributed by atoms with Gasteiger partial charge in [-0.05, 0) is 34.6 Å². The summed E-state index contributed by atoms with van der Waals surface area (Å²) in [4.78, 5) is 14.0. The molecule has 0 aromatic carbocycles. The molecule has 0 aromatic rings. The van der Waals surface area contributed by atoms with Gasteiger partial charge in [0.15, 0.2) is 0 Å². The Kier molecular flexibility index (Phi) is 2.91. The third-order valence-electron chi connectivity index (χ3n) is 2.60. The molecule has 0 saturated carbocycles. The summed E-state index contributed by atoms with van der Waals surface area (Å²) in [6.07, 6.45) is 0.612. The van der Waals surface area contributed by atoms with Crippen LogP contribution in [0.3, 0.4) is 0 Å². The molecule has 14 heavy (non-hydrogen) atoms. The summed E-state index contributed by atoms with van der Waals surface area (Å²) in [5.41, 5.74) is -0.182. The van der Waals surface area contributed by atoms with Crippen molar-refractivity contribution in [2.75, 3.05) is 13.1 Å². The third-order valence-corrected chi connectivity index (χ3v) is 2.60. The summed E-state index contributed by atoms with van der Waals surface area (Å²) in [5, 5.41) is 3.31. The molecule has 1 fully saturated rings. The molecule has 1 aliphatic heterocycles. The van der Waals surface area contributed by atoms with Gasteiger partial charge in [0.1, 0.15) is 0 Å². The maximum Gasteiger partial charge on any atom is 0.224 e. The highest BCUT2D eigenvalue weighted by Crippen LogP contribution is 2.26. The van der Waals surface area contributed by atoms with Crippen LogP contribution >= 0.6 is 0 Å². The van der Waals surface area contributed by atoms with Crippen molar-refractivity contribution in [3.63, 3.8) is 0 Å². The SMILES string of the molecule is CC(C)(C)N1C(=O)CCNCC1(C)C. The highest BCUT2D eigenvalue weighted by atomic mass is 16.2. The van der Waals surface area contributed by atoms with E-state index in [1.54, 1.807) is 0 Å². The molecular formula is C11H22N2O. The minimum Gasteiger partial charge on any atom is -0.331 e. The van der Waals surface area contributed by atoms with Gasteiger partial charge in [0.05, 0.1) is 5.54 Å². The second kappa shape index (κ2) is 3.54. The van der Waals surface area contributed by atoms with Gasteiger partial charge in [-0.15, -0.1) is 0 Å². The summed E-state index contributed by atoms with van der Waals surface area (Å²) in [5.74, 6) is 0.257. The van der Waals surface area contributed by atoms with Gasteiger partial charge >= 0.3 is 0 Å². The Balaban J connectivity index is 2.99. The maximum atomic E-state index is 12.0. The first-order valence-corrected chi connectivity index (χ1v) is 5.29. The average Bonchev–Trinajstić information content (AvgIpc) is 2.05. The van der Waals surface area contributed by atoms with Crippen molar-refractivity contribution in [3.8, 4) is 0 Å². The normalized spacial score (nSPS) is 23.5. The first-order chi connectivity index (χ1) is 6.25. The molecule has 3 nitrogen and oxygen atoms in total. The zero-order valence-electron chi connectivity index (χ0n) is 9.98. The minimum atomic E-state index is -0.0914. The Morgan fingerprint density at radius 3 is 2.43 bits per heavy atom. The molecule has 1 amide bonds. The number of nitrogens with zero attached hydrogens (tertiary/aromatic N) is 1. The molecule has 1 aliphatic rings. The van der Waals surface area contributed by atoms with Crippen molar-refractivity contribution in [1.29, 1.82) is 0 Å². The number of hydrogen-bond donors (Lipinski definition) is 1. The molecule has 0 aliphatic carbocycles. The van der Waals surface area contributed by atoms with Crippen LogP contribution in [0, 0.1) is 0 Å². The topological polar surface area (TPSA) is 32.3 Å². The number of carbonyl (C=O) groups is 1. The van der Waals surface area contributed by atoms with Gasteiger partial charge in [-0.1, -0.05) is 0 Å². The number of amides is 1. The second-order valence-corrected chi connectivity index (χ2v) is 5.64. The predicted molar refractivity (Wildman–Crippen MR) is 58.2 cm³/mol. The Hall–Kier alpha value is -0.570. The zero-order chi connectivity index (χ0) is 11.0. The largest absolute Gasteiger partial charge is 0.331 e. The van der Waals surface area contributed by atoms with Crippen LogP contribution in [0.4, 0.5) is 0 Å². The van der Waals surface area contributed by atoms with Gasteiger partial charge in [0, 0.05) is 25.0 Å². The Morgan fingerprint density at radius 2 is 1.93 bits per heavy atom. The van der Waals surface area contributed by atoms with Crippen molar-refractivity contribution in [2.45, 2.75) is 52.1 Å². The van der Waals surface area contributed by atoms with Crippen LogP contribution in [0.5, 0.6) is 0 Å². The van der Waals surface area contributed by atoms with Crippen molar-refractivity contribution < 1.29 is 4.79 Å².